The first-order valence-corrected chi connectivity index (χ1v) is 6.29. The molecule has 1 aromatic carbocycles. The first-order valence-electron chi connectivity index (χ1n) is 6.29. The highest BCUT2D eigenvalue weighted by Gasteiger charge is 2.19. The molecule has 0 saturated carbocycles. The molecule has 0 bridgehead atoms. The van der Waals surface area contributed by atoms with Gasteiger partial charge in [-0.2, -0.15) is 0 Å². The van der Waals surface area contributed by atoms with E-state index in [2.05, 4.69) is 14.7 Å². The summed E-state index contributed by atoms with van der Waals surface area (Å²) in [5.74, 6) is -0.823. The van der Waals surface area contributed by atoms with E-state index in [-0.39, 0.29) is 17.8 Å². The average molecular weight is 275 g/mol. The Labute approximate surface area is 116 Å². The molecular weight excluding hydrogens is 258 g/mol. The van der Waals surface area contributed by atoms with Gasteiger partial charge in [0.05, 0.1) is 30.4 Å². The average Bonchev–Trinajstić information content (AvgIpc) is 2.92. The van der Waals surface area contributed by atoms with Crippen LogP contribution in [0.1, 0.15) is 17.3 Å². The third-order valence-corrected chi connectivity index (χ3v) is 3.17. The van der Waals surface area contributed by atoms with Gasteiger partial charge in [0.25, 0.3) is 5.91 Å². The molecule has 2 rings (SSSR count). The van der Waals surface area contributed by atoms with Gasteiger partial charge >= 0.3 is 5.97 Å². The van der Waals surface area contributed by atoms with E-state index in [1.165, 1.54) is 12.0 Å². The third kappa shape index (κ3) is 2.79. The van der Waals surface area contributed by atoms with E-state index in [9.17, 15) is 9.59 Å². The van der Waals surface area contributed by atoms with Crippen molar-refractivity contribution in [2.24, 2.45) is 5.92 Å². The number of nitrogens with zero attached hydrogens (tertiary/aromatic N) is 2. The Morgan fingerprint density at radius 2 is 2.20 bits per heavy atom. The predicted octanol–water partition coefficient (Wildman–Crippen LogP) is 1.44. The van der Waals surface area contributed by atoms with Crippen molar-refractivity contribution in [2.75, 3.05) is 20.7 Å². The van der Waals surface area contributed by atoms with E-state index in [0.717, 1.165) is 11.0 Å². The highest BCUT2D eigenvalue weighted by Crippen LogP contribution is 2.14. The summed E-state index contributed by atoms with van der Waals surface area (Å²) in [6, 6.07) is 5.27. The van der Waals surface area contributed by atoms with Crippen LogP contribution in [0.4, 0.5) is 0 Å². The zero-order chi connectivity index (χ0) is 14.7. The monoisotopic (exact) mass is 275 g/mol. The number of hydrogen-bond acceptors (Lipinski definition) is 4. The molecular formula is C14H17N3O3. The van der Waals surface area contributed by atoms with Crippen molar-refractivity contribution in [3.05, 3.63) is 30.1 Å². The Morgan fingerprint density at radius 1 is 1.45 bits per heavy atom. The van der Waals surface area contributed by atoms with Crippen molar-refractivity contribution in [3.63, 3.8) is 0 Å². The van der Waals surface area contributed by atoms with Gasteiger partial charge in [-0.1, -0.05) is 6.92 Å². The molecule has 0 saturated heterocycles. The highest BCUT2D eigenvalue weighted by molar-refractivity contribution is 5.97. The van der Waals surface area contributed by atoms with Gasteiger partial charge < -0.3 is 14.6 Å². The Hall–Kier alpha value is -2.37. The van der Waals surface area contributed by atoms with Crippen LogP contribution in [0.25, 0.3) is 11.0 Å². The zero-order valence-corrected chi connectivity index (χ0v) is 11.7. The van der Waals surface area contributed by atoms with Crippen molar-refractivity contribution >= 4 is 22.9 Å². The molecule has 1 atom stereocenters. The smallest absolute Gasteiger partial charge is 0.310 e. The van der Waals surface area contributed by atoms with Crippen LogP contribution in [-0.2, 0) is 9.53 Å². The number of esters is 1. The standard InChI is InChI=1S/C14H17N3O3/c1-9(14(19)20-3)7-17(2)13(18)10-4-5-11-12(6-10)16-8-15-11/h4-6,8-9H,7H2,1-3H3,(H,15,16). The summed E-state index contributed by atoms with van der Waals surface area (Å²) in [6.45, 7) is 2.04. The molecule has 2 aromatic rings. The molecule has 0 aliphatic rings. The molecule has 1 N–H and O–H groups in total. The van der Waals surface area contributed by atoms with Gasteiger partial charge in [-0.25, -0.2) is 4.98 Å². The van der Waals surface area contributed by atoms with Crippen molar-refractivity contribution in [2.45, 2.75) is 6.92 Å². The quantitative estimate of drug-likeness (QED) is 0.857. The lowest BCUT2D eigenvalue weighted by Crippen LogP contribution is -2.34. The Balaban J connectivity index is 2.11. The number of imidazole rings is 1. The Kier molecular flexibility index (Phi) is 4.02. The Morgan fingerprint density at radius 3 is 2.90 bits per heavy atom. The van der Waals surface area contributed by atoms with Crippen LogP contribution in [0.2, 0.25) is 0 Å². The molecule has 0 spiro atoms. The van der Waals surface area contributed by atoms with Crippen LogP contribution in [0.3, 0.4) is 0 Å². The number of H-pyrrole nitrogens is 1. The lowest BCUT2D eigenvalue weighted by molar-refractivity contribution is -0.145. The fourth-order valence-corrected chi connectivity index (χ4v) is 2.06. The van der Waals surface area contributed by atoms with Crippen LogP contribution in [0.15, 0.2) is 24.5 Å². The largest absolute Gasteiger partial charge is 0.469 e. The van der Waals surface area contributed by atoms with Gasteiger partial charge in [-0.05, 0) is 18.2 Å². The minimum Gasteiger partial charge on any atom is -0.469 e. The summed E-state index contributed by atoms with van der Waals surface area (Å²) in [5, 5.41) is 0. The number of nitrogens with one attached hydrogen (secondary N) is 1. The number of hydrogen-bond donors (Lipinski definition) is 1. The topological polar surface area (TPSA) is 75.3 Å². The number of amides is 1. The number of aromatic nitrogens is 2. The molecule has 1 heterocycles. The normalized spacial score (nSPS) is 12.2. The molecule has 1 amide bonds. The summed E-state index contributed by atoms with van der Waals surface area (Å²) in [7, 11) is 3.01. The number of methoxy groups -OCH3 is 1. The van der Waals surface area contributed by atoms with E-state index in [0.29, 0.717) is 12.1 Å². The number of ether oxygens (including phenoxy) is 1. The minimum atomic E-state index is -0.357. The lowest BCUT2D eigenvalue weighted by Gasteiger charge is -2.20. The summed E-state index contributed by atoms with van der Waals surface area (Å²) in [6.07, 6.45) is 1.59. The molecule has 6 heteroatoms. The first kappa shape index (κ1) is 14.0. The van der Waals surface area contributed by atoms with Crippen molar-refractivity contribution in [3.8, 4) is 0 Å². The van der Waals surface area contributed by atoms with Crippen molar-refractivity contribution in [1.82, 2.24) is 14.9 Å². The SMILES string of the molecule is COC(=O)C(C)CN(C)C(=O)c1ccc2nc[nH]c2c1. The molecule has 0 fully saturated rings. The van der Waals surface area contributed by atoms with E-state index < -0.39 is 0 Å². The zero-order valence-electron chi connectivity index (χ0n) is 11.7. The second-order valence-corrected chi connectivity index (χ2v) is 4.74. The third-order valence-electron chi connectivity index (χ3n) is 3.17. The molecule has 20 heavy (non-hydrogen) atoms. The van der Waals surface area contributed by atoms with E-state index in [4.69, 9.17) is 0 Å². The van der Waals surface area contributed by atoms with Gasteiger partial charge in [0, 0.05) is 19.2 Å². The number of aromatic amines is 1. The lowest BCUT2D eigenvalue weighted by atomic mass is 10.1. The van der Waals surface area contributed by atoms with Gasteiger partial charge in [0.15, 0.2) is 0 Å². The van der Waals surface area contributed by atoms with Crippen LogP contribution < -0.4 is 0 Å². The van der Waals surface area contributed by atoms with Crippen LogP contribution in [0.5, 0.6) is 0 Å². The first-order chi connectivity index (χ1) is 9.52. The predicted molar refractivity (Wildman–Crippen MR) is 74.2 cm³/mol. The maximum atomic E-state index is 12.3. The number of carbonyl (C=O) groups is 2. The van der Waals surface area contributed by atoms with Crippen LogP contribution in [-0.4, -0.2) is 47.4 Å². The maximum Gasteiger partial charge on any atom is 0.310 e. The van der Waals surface area contributed by atoms with Crippen LogP contribution in [0, 0.1) is 5.92 Å². The molecule has 1 aromatic heterocycles. The summed E-state index contributed by atoms with van der Waals surface area (Å²) in [5.41, 5.74) is 2.18. The molecule has 0 radical (unpaired) electrons. The summed E-state index contributed by atoms with van der Waals surface area (Å²) in [4.78, 5) is 32.3. The second kappa shape index (κ2) is 5.73. The molecule has 0 aliphatic heterocycles. The van der Waals surface area contributed by atoms with Crippen molar-refractivity contribution in [1.29, 1.82) is 0 Å². The fourth-order valence-electron chi connectivity index (χ4n) is 2.06. The van der Waals surface area contributed by atoms with E-state index >= 15 is 0 Å². The van der Waals surface area contributed by atoms with E-state index in [1.54, 1.807) is 38.5 Å². The number of carbonyl (C=O) groups excluding carboxylic acids is 2. The Bertz CT molecular complexity index is 635. The summed E-state index contributed by atoms with van der Waals surface area (Å²) >= 11 is 0. The maximum absolute atomic E-state index is 12.3. The molecule has 106 valence electrons. The number of rotatable bonds is 4. The van der Waals surface area contributed by atoms with Crippen LogP contribution >= 0.6 is 0 Å². The number of benzene rings is 1. The fraction of sp³-hybridized carbons (Fsp3) is 0.357. The summed E-state index contributed by atoms with van der Waals surface area (Å²) < 4.78 is 4.66. The number of fused-ring (bicyclic) bond motifs is 1. The van der Waals surface area contributed by atoms with E-state index in [1.807, 2.05) is 0 Å². The molecule has 1 unspecified atom stereocenters. The van der Waals surface area contributed by atoms with Gasteiger partial charge in [-0.3, -0.25) is 9.59 Å². The second-order valence-electron chi connectivity index (χ2n) is 4.74. The molecule has 6 nitrogen and oxygen atoms in total. The van der Waals surface area contributed by atoms with Crippen molar-refractivity contribution < 1.29 is 14.3 Å². The van der Waals surface area contributed by atoms with Gasteiger partial charge in [-0.15, -0.1) is 0 Å². The molecule has 0 aliphatic carbocycles. The highest BCUT2D eigenvalue weighted by atomic mass is 16.5. The van der Waals surface area contributed by atoms with Gasteiger partial charge in [0.1, 0.15) is 0 Å². The minimum absolute atomic E-state index is 0.141. The van der Waals surface area contributed by atoms with Gasteiger partial charge in [0.2, 0.25) is 0 Å².